The summed E-state index contributed by atoms with van der Waals surface area (Å²) in [6.07, 6.45) is -8.96. The highest BCUT2D eigenvalue weighted by atomic mass is 32.1. The van der Waals surface area contributed by atoms with Crippen LogP contribution in [0.25, 0.3) is 0 Å². The third-order valence-electron chi connectivity index (χ3n) is 9.85. The number of aliphatic hydroxyl groups is 2. The van der Waals surface area contributed by atoms with Crippen molar-refractivity contribution in [2.75, 3.05) is 34.2 Å². The van der Waals surface area contributed by atoms with Gasteiger partial charge < -0.3 is 58.0 Å². The molecule has 0 spiro atoms. The molecule has 5 aliphatic rings. The van der Waals surface area contributed by atoms with E-state index >= 15 is 0 Å². The van der Waals surface area contributed by atoms with Gasteiger partial charge in [-0.2, -0.15) is 0 Å². The van der Waals surface area contributed by atoms with E-state index in [-0.39, 0.29) is 43.0 Å². The van der Waals surface area contributed by atoms with Crippen LogP contribution in [-0.4, -0.2) is 91.9 Å². The molecular weight excluding hydrogens is 664 g/mol. The van der Waals surface area contributed by atoms with Crippen molar-refractivity contribution in [2.24, 2.45) is 23.3 Å². The van der Waals surface area contributed by atoms with Crippen molar-refractivity contribution in [1.82, 2.24) is 0 Å². The third kappa shape index (κ3) is 5.34. The van der Waals surface area contributed by atoms with Gasteiger partial charge in [0, 0.05) is 17.8 Å². The summed E-state index contributed by atoms with van der Waals surface area (Å²) in [6, 6.07) is 10.5. The van der Waals surface area contributed by atoms with Crippen LogP contribution in [0.15, 0.2) is 41.8 Å². The minimum absolute atomic E-state index is 0.00850. The number of carbonyl (C=O) groups is 1. The summed E-state index contributed by atoms with van der Waals surface area (Å²) in [5.74, 6) is -2.96. The number of ether oxygens (including phenoxy) is 9. The van der Waals surface area contributed by atoms with Crippen molar-refractivity contribution in [3.05, 3.63) is 63.3 Å². The van der Waals surface area contributed by atoms with Gasteiger partial charge in [-0.3, -0.25) is 16.3 Å². The molecule has 3 fully saturated rings. The van der Waals surface area contributed by atoms with E-state index in [0.717, 1.165) is 0 Å². The zero-order chi connectivity index (χ0) is 34.2. The second-order valence-electron chi connectivity index (χ2n) is 12.6. The fourth-order valence-electron chi connectivity index (χ4n) is 7.59. The fourth-order valence-corrected chi connectivity index (χ4v) is 8.28. The van der Waals surface area contributed by atoms with Gasteiger partial charge in [-0.1, -0.05) is 6.07 Å². The molecule has 4 aliphatic heterocycles. The number of aliphatic hydroxyl groups excluding tert-OH is 2. The van der Waals surface area contributed by atoms with E-state index < -0.39 is 66.7 Å². The SMILES string of the molecule is COc1cc(C2c3cc4c(cc3C(OC3OC5C(OC(c6cccs6)OC5(N)N)C(O)C3O)C3COCC(=O)C23)OCO4)cc(OC)c1O. The summed E-state index contributed by atoms with van der Waals surface area (Å²) in [7, 11) is 2.85. The van der Waals surface area contributed by atoms with E-state index in [9.17, 15) is 20.1 Å². The highest BCUT2D eigenvalue weighted by molar-refractivity contribution is 7.10. The number of Topliss-reactive ketones (excluding diaryl/α,β-unsaturated/α-hetero) is 1. The lowest BCUT2D eigenvalue weighted by Crippen LogP contribution is -2.75. The van der Waals surface area contributed by atoms with E-state index in [1.54, 1.807) is 36.4 Å². The van der Waals surface area contributed by atoms with E-state index in [1.807, 2.05) is 5.38 Å². The number of hydrogen-bond acceptors (Lipinski definition) is 16. The number of benzene rings is 2. The number of hydrogen-bond donors (Lipinski definition) is 5. The molecule has 15 nitrogen and oxygen atoms in total. The maximum absolute atomic E-state index is 13.9. The van der Waals surface area contributed by atoms with Crippen LogP contribution in [-0.2, 0) is 28.5 Å². The first-order chi connectivity index (χ1) is 23.6. The van der Waals surface area contributed by atoms with Crippen molar-refractivity contribution in [3.8, 4) is 28.7 Å². The first kappa shape index (κ1) is 32.6. The Hall–Kier alpha value is -3.55. The summed E-state index contributed by atoms with van der Waals surface area (Å²) in [5.41, 5.74) is 14.7. The number of phenols is 1. The molecule has 5 heterocycles. The van der Waals surface area contributed by atoms with Gasteiger partial charge in [0.05, 0.1) is 31.8 Å². The number of thiophene rings is 1. The smallest absolute Gasteiger partial charge is 0.231 e. The maximum atomic E-state index is 13.9. The predicted molar refractivity (Wildman–Crippen MR) is 167 cm³/mol. The first-order valence-electron chi connectivity index (χ1n) is 15.7. The summed E-state index contributed by atoms with van der Waals surface area (Å²) in [6.45, 7) is -0.0301. The Bertz CT molecular complexity index is 1710. The molecule has 3 saturated heterocycles. The van der Waals surface area contributed by atoms with Crippen molar-refractivity contribution in [3.63, 3.8) is 0 Å². The second-order valence-corrected chi connectivity index (χ2v) is 13.6. The van der Waals surface area contributed by atoms with Crippen LogP contribution in [0.2, 0.25) is 0 Å². The molecule has 0 radical (unpaired) electrons. The van der Waals surface area contributed by atoms with Gasteiger partial charge in [0.2, 0.25) is 18.4 Å². The lowest BCUT2D eigenvalue weighted by atomic mass is 9.63. The van der Waals surface area contributed by atoms with Gasteiger partial charge in [0.25, 0.3) is 0 Å². The lowest BCUT2D eigenvalue weighted by Gasteiger charge is -2.53. The Kier molecular flexibility index (Phi) is 8.22. The molecule has 262 valence electrons. The predicted octanol–water partition coefficient (Wildman–Crippen LogP) is 1.37. The van der Waals surface area contributed by atoms with Gasteiger partial charge in [-0.15, -0.1) is 11.3 Å². The monoisotopic (exact) mass is 700 g/mol. The molecule has 0 amide bonds. The maximum Gasteiger partial charge on any atom is 0.231 e. The van der Waals surface area contributed by atoms with Crippen molar-refractivity contribution >= 4 is 17.1 Å². The van der Waals surface area contributed by atoms with Crippen LogP contribution < -0.4 is 30.4 Å². The van der Waals surface area contributed by atoms with Crippen LogP contribution in [0.4, 0.5) is 0 Å². The Morgan fingerprint density at radius 2 is 1.69 bits per heavy atom. The van der Waals surface area contributed by atoms with Gasteiger partial charge in [0.15, 0.2) is 41.4 Å². The number of aromatic hydroxyl groups is 1. The van der Waals surface area contributed by atoms with Crippen LogP contribution in [0.3, 0.4) is 0 Å². The number of methoxy groups -OCH3 is 2. The fraction of sp³-hybridized carbons (Fsp3) is 0.485. The van der Waals surface area contributed by atoms with Crippen LogP contribution in [0, 0.1) is 11.8 Å². The summed E-state index contributed by atoms with van der Waals surface area (Å²) >= 11 is 1.36. The molecule has 10 atom stereocenters. The first-order valence-corrected chi connectivity index (χ1v) is 16.6. The van der Waals surface area contributed by atoms with Crippen LogP contribution >= 0.6 is 11.3 Å². The van der Waals surface area contributed by atoms with Crippen molar-refractivity contribution in [1.29, 1.82) is 0 Å². The number of fused-ring (bicyclic) bond motifs is 4. The standard InChI is InChI=1S/C33H36N2O13S/c1-40-20-6-13(7-21(41-2)25(20)37)23-14-8-18-19(44-12-43-18)9-15(14)28(16-10-42-11-17(36)24(16)23)45-32-27(39)26(38)29-30(47-32)33(34,35)48-31(46-29)22-4-3-5-49-22/h3-9,16,23-24,26-32,37-39H,10-12,34-35H2,1-2H3. The van der Waals surface area contributed by atoms with E-state index in [4.69, 9.17) is 54.1 Å². The molecule has 2 aromatic carbocycles. The number of ketones is 1. The lowest BCUT2D eigenvalue weighted by molar-refractivity contribution is -0.407. The summed E-state index contributed by atoms with van der Waals surface area (Å²) in [4.78, 5) is 14.5. The minimum Gasteiger partial charge on any atom is -0.502 e. The summed E-state index contributed by atoms with van der Waals surface area (Å²) in [5, 5.41) is 35.3. The number of phenolic OH excluding ortho intramolecular Hbond substituents is 1. The Balaban J connectivity index is 1.19. The highest BCUT2D eigenvalue weighted by Crippen LogP contribution is 2.56. The van der Waals surface area contributed by atoms with E-state index in [1.165, 1.54) is 25.6 Å². The third-order valence-corrected chi connectivity index (χ3v) is 10.7. The molecule has 16 heteroatoms. The van der Waals surface area contributed by atoms with E-state index in [0.29, 0.717) is 33.1 Å². The Labute approximate surface area is 284 Å². The molecule has 49 heavy (non-hydrogen) atoms. The average Bonchev–Trinajstić information content (AvgIpc) is 3.79. The molecule has 3 aromatic rings. The van der Waals surface area contributed by atoms with Gasteiger partial charge in [-0.05, 0) is 52.4 Å². The number of nitrogens with two attached hydrogens (primary N) is 2. The van der Waals surface area contributed by atoms with Gasteiger partial charge >= 0.3 is 0 Å². The Morgan fingerprint density at radius 3 is 2.37 bits per heavy atom. The zero-order valence-corrected chi connectivity index (χ0v) is 27.2. The highest BCUT2D eigenvalue weighted by Gasteiger charge is 2.59. The topological polar surface area (TPSA) is 213 Å². The molecule has 7 N–H and O–H groups in total. The van der Waals surface area contributed by atoms with Crippen LogP contribution in [0.1, 0.15) is 39.9 Å². The molecular formula is C33H36N2O13S. The molecule has 10 unspecified atom stereocenters. The minimum atomic E-state index is -1.94. The van der Waals surface area contributed by atoms with Crippen molar-refractivity contribution in [2.45, 2.75) is 54.9 Å². The zero-order valence-electron chi connectivity index (χ0n) is 26.4. The number of rotatable bonds is 6. The number of carbonyl (C=O) groups excluding carboxylic acids is 1. The Morgan fingerprint density at radius 1 is 0.980 bits per heavy atom. The molecule has 0 saturated carbocycles. The van der Waals surface area contributed by atoms with Gasteiger partial charge in [-0.25, -0.2) is 0 Å². The molecule has 0 bridgehead atoms. The van der Waals surface area contributed by atoms with Gasteiger partial charge in [0.1, 0.15) is 31.0 Å². The molecule has 1 aromatic heterocycles. The average molecular weight is 701 g/mol. The normalized spacial score (nSPS) is 34.4. The van der Waals surface area contributed by atoms with E-state index in [2.05, 4.69) is 0 Å². The molecule has 8 rings (SSSR count). The largest absolute Gasteiger partial charge is 0.502 e. The second kappa shape index (κ2) is 12.3. The van der Waals surface area contributed by atoms with Crippen molar-refractivity contribution < 1.29 is 62.7 Å². The quantitative estimate of drug-likeness (QED) is 0.230. The summed E-state index contributed by atoms with van der Waals surface area (Å²) < 4.78 is 52.8. The molecule has 1 aliphatic carbocycles. The van der Waals surface area contributed by atoms with Crippen LogP contribution in [0.5, 0.6) is 28.7 Å².